The van der Waals surface area contributed by atoms with Crippen LogP contribution < -0.4 is 4.74 Å². The maximum Gasteiger partial charge on any atom is 0.308 e. The van der Waals surface area contributed by atoms with Gasteiger partial charge in [0.2, 0.25) is 0 Å². The maximum absolute atomic E-state index is 11.9. The average molecular weight is 577 g/mol. The predicted molar refractivity (Wildman–Crippen MR) is 177 cm³/mol. The van der Waals surface area contributed by atoms with Crippen molar-refractivity contribution < 1.29 is 14.6 Å². The number of phenolic OH excluding ortho intramolecular Hbond substituents is 1. The number of aromatic hydroxyl groups is 1. The quantitative estimate of drug-likeness (QED) is 0.0898. The first-order valence-corrected chi connectivity index (χ1v) is 17.7. The smallest absolute Gasteiger partial charge is 0.308 e. The molecule has 0 fully saturated rings. The SMILES string of the molecule is CCCCCCCCCCCCCCCCCCSCCc1c(OC(C)=O)cc(C(C)(C)C)c(O)c1C(C)(C)C. The van der Waals surface area contributed by atoms with E-state index in [-0.39, 0.29) is 16.8 Å². The normalized spacial score (nSPS) is 12.2. The number of rotatable bonds is 21. The van der Waals surface area contributed by atoms with Gasteiger partial charge in [-0.1, -0.05) is 145 Å². The van der Waals surface area contributed by atoms with Gasteiger partial charge in [-0.05, 0) is 41.2 Å². The molecule has 0 aliphatic heterocycles. The highest BCUT2D eigenvalue weighted by atomic mass is 32.2. The van der Waals surface area contributed by atoms with Crippen molar-refractivity contribution in [2.45, 2.75) is 175 Å². The van der Waals surface area contributed by atoms with Crippen LogP contribution in [0.5, 0.6) is 11.5 Å². The zero-order chi connectivity index (χ0) is 30.0. The van der Waals surface area contributed by atoms with Crippen LogP contribution in [0.1, 0.15) is 175 Å². The van der Waals surface area contributed by atoms with Crippen LogP contribution in [0.3, 0.4) is 0 Å². The third-order valence-electron chi connectivity index (χ3n) is 7.82. The second-order valence-corrected chi connectivity index (χ2v) is 15.1. The van der Waals surface area contributed by atoms with E-state index in [0.29, 0.717) is 11.5 Å². The summed E-state index contributed by atoms with van der Waals surface area (Å²) < 4.78 is 5.70. The number of esters is 1. The Balaban J connectivity index is 2.34. The molecule has 0 aliphatic rings. The Labute approximate surface area is 253 Å². The molecule has 0 aliphatic carbocycles. The Kier molecular flexibility index (Phi) is 18.3. The van der Waals surface area contributed by atoms with Gasteiger partial charge in [0.25, 0.3) is 0 Å². The van der Waals surface area contributed by atoms with Crippen molar-refractivity contribution in [1.29, 1.82) is 0 Å². The monoisotopic (exact) mass is 576 g/mol. The first-order chi connectivity index (χ1) is 18.9. The summed E-state index contributed by atoms with van der Waals surface area (Å²) >= 11 is 1.98. The van der Waals surface area contributed by atoms with E-state index in [1.165, 1.54) is 110 Å². The summed E-state index contributed by atoms with van der Waals surface area (Å²) in [6.45, 7) is 16.4. The zero-order valence-electron chi connectivity index (χ0n) is 27.7. The largest absolute Gasteiger partial charge is 0.507 e. The summed E-state index contributed by atoms with van der Waals surface area (Å²) in [5.74, 6) is 2.78. The first kappa shape index (κ1) is 36.9. The summed E-state index contributed by atoms with van der Waals surface area (Å²) in [6.07, 6.45) is 23.2. The summed E-state index contributed by atoms with van der Waals surface area (Å²) in [7, 11) is 0. The highest BCUT2D eigenvalue weighted by Crippen LogP contribution is 2.45. The Morgan fingerprint density at radius 2 is 1.18 bits per heavy atom. The molecule has 4 heteroatoms. The Morgan fingerprint density at radius 3 is 1.57 bits per heavy atom. The fourth-order valence-electron chi connectivity index (χ4n) is 5.59. The first-order valence-electron chi connectivity index (χ1n) is 16.6. The number of ether oxygens (including phenoxy) is 1. The maximum atomic E-state index is 11.9. The molecule has 0 spiro atoms. The number of hydrogen-bond acceptors (Lipinski definition) is 4. The number of carbonyl (C=O) groups is 1. The van der Waals surface area contributed by atoms with Crippen LogP contribution in [0.2, 0.25) is 0 Å². The Bertz CT molecular complexity index is 832. The third kappa shape index (κ3) is 15.2. The van der Waals surface area contributed by atoms with E-state index >= 15 is 0 Å². The zero-order valence-corrected chi connectivity index (χ0v) is 28.5. The van der Waals surface area contributed by atoms with Crippen LogP contribution >= 0.6 is 11.8 Å². The van der Waals surface area contributed by atoms with Crippen molar-refractivity contribution in [2.75, 3.05) is 11.5 Å². The Morgan fingerprint density at radius 1 is 0.725 bits per heavy atom. The van der Waals surface area contributed by atoms with Gasteiger partial charge in [-0.2, -0.15) is 11.8 Å². The molecular weight excluding hydrogens is 512 g/mol. The van der Waals surface area contributed by atoms with E-state index in [9.17, 15) is 9.90 Å². The predicted octanol–water partition coefficient (Wildman–Crippen LogP) is 11.4. The molecule has 0 aromatic heterocycles. The van der Waals surface area contributed by atoms with Crippen LogP contribution in [0.15, 0.2) is 6.07 Å². The van der Waals surface area contributed by atoms with Gasteiger partial charge in [-0.25, -0.2) is 0 Å². The fraction of sp³-hybridized carbons (Fsp3) is 0.806. The van der Waals surface area contributed by atoms with Crippen LogP contribution in [0.25, 0.3) is 0 Å². The van der Waals surface area contributed by atoms with E-state index in [1.54, 1.807) is 0 Å². The van der Waals surface area contributed by atoms with Gasteiger partial charge in [0.05, 0.1) is 0 Å². The molecule has 0 radical (unpaired) electrons. The molecule has 1 aromatic carbocycles. The van der Waals surface area contributed by atoms with E-state index in [1.807, 2.05) is 17.8 Å². The molecule has 1 N–H and O–H groups in total. The van der Waals surface area contributed by atoms with E-state index in [2.05, 4.69) is 48.5 Å². The van der Waals surface area contributed by atoms with E-state index in [0.717, 1.165) is 34.6 Å². The summed E-state index contributed by atoms with van der Waals surface area (Å²) in [5.41, 5.74) is 2.22. The van der Waals surface area contributed by atoms with Gasteiger partial charge in [0.15, 0.2) is 0 Å². The van der Waals surface area contributed by atoms with Gasteiger partial charge < -0.3 is 9.84 Å². The molecule has 0 unspecified atom stereocenters. The van der Waals surface area contributed by atoms with Crippen molar-refractivity contribution >= 4 is 17.7 Å². The van der Waals surface area contributed by atoms with Gasteiger partial charge in [0, 0.05) is 23.6 Å². The molecule has 40 heavy (non-hydrogen) atoms. The van der Waals surface area contributed by atoms with Gasteiger partial charge in [0.1, 0.15) is 11.5 Å². The number of thioether (sulfide) groups is 1. The minimum absolute atomic E-state index is 0.250. The van der Waals surface area contributed by atoms with Crippen molar-refractivity contribution in [3.63, 3.8) is 0 Å². The minimum Gasteiger partial charge on any atom is -0.507 e. The minimum atomic E-state index is -0.313. The second kappa shape index (κ2) is 19.9. The van der Waals surface area contributed by atoms with Crippen LogP contribution in [0, 0.1) is 0 Å². The van der Waals surface area contributed by atoms with Crippen LogP contribution in [0.4, 0.5) is 0 Å². The van der Waals surface area contributed by atoms with Crippen LogP contribution in [-0.4, -0.2) is 22.6 Å². The van der Waals surface area contributed by atoms with E-state index in [4.69, 9.17) is 4.74 Å². The average Bonchev–Trinajstić information content (AvgIpc) is 2.85. The van der Waals surface area contributed by atoms with Crippen LogP contribution in [-0.2, 0) is 22.0 Å². The number of benzene rings is 1. The molecule has 0 atom stereocenters. The molecule has 0 saturated heterocycles. The van der Waals surface area contributed by atoms with Crippen molar-refractivity contribution in [3.05, 3.63) is 22.8 Å². The number of carbonyl (C=O) groups excluding carboxylic acids is 1. The molecule has 0 heterocycles. The molecule has 0 amide bonds. The van der Waals surface area contributed by atoms with Crippen molar-refractivity contribution in [1.82, 2.24) is 0 Å². The molecule has 3 nitrogen and oxygen atoms in total. The summed E-state index contributed by atoms with van der Waals surface area (Å²) in [4.78, 5) is 11.9. The van der Waals surface area contributed by atoms with Gasteiger partial charge >= 0.3 is 5.97 Å². The van der Waals surface area contributed by atoms with E-state index < -0.39 is 0 Å². The number of unbranched alkanes of at least 4 members (excludes halogenated alkanes) is 15. The second-order valence-electron chi connectivity index (χ2n) is 13.9. The lowest BCUT2D eigenvalue weighted by Crippen LogP contribution is -2.21. The molecule has 0 bridgehead atoms. The van der Waals surface area contributed by atoms with Gasteiger partial charge in [-0.15, -0.1) is 0 Å². The Hall–Kier alpha value is -1.16. The fourth-order valence-corrected chi connectivity index (χ4v) is 6.55. The molecule has 1 aromatic rings. The topological polar surface area (TPSA) is 46.5 Å². The molecule has 1 rings (SSSR count). The van der Waals surface area contributed by atoms with Crippen molar-refractivity contribution in [2.24, 2.45) is 0 Å². The lowest BCUT2D eigenvalue weighted by Gasteiger charge is -2.31. The number of phenols is 1. The summed E-state index contributed by atoms with van der Waals surface area (Å²) in [6, 6.07) is 1.89. The molecular formula is C36H64O3S. The third-order valence-corrected chi connectivity index (χ3v) is 8.89. The highest BCUT2D eigenvalue weighted by molar-refractivity contribution is 7.99. The highest BCUT2D eigenvalue weighted by Gasteiger charge is 2.31. The van der Waals surface area contributed by atoms with Gasteiger partial charge in [-0.3, -0.25) is 4.79 Å². The summed E-state index contributed by atoms with van der Waals surface area (Å²) in [5, 5.41) is 11.3. The standard InChI is InChI=1S/C36H64O3S/c1-9-10-11-12-13-14-15-16-17-18-19-20-21-22-23-24-26-40-27-25-30-32(39-29(2)37)28-31(35(3,4)5)34(38)33(30)36(6,7)8/h28,38H,9-27H2,1-8H3. The van der Waals surface area contributed by atoms with Crippen molar-refractivity contribution in [3.8, 4) is 11.5 Å². The molecule has 0 saturated carbocycles. The number of hydrogen-bond donors (Lipinski definition) is 1. The lowest BCUT2D eigenvalue weighted by molar-refractivity contribution is -0.131. The molecule has 232 valence electrons. The lowest BCUT2D eigenvalue weighted by atomic mass is 9.76.